The second kappa shape index (κ2) is 8.48. The van der Waals surface area contributed by atoms with E-state index in [1.807, 2.05) is 23.1 Å². The van der Waals surface area contributed by atoms with Gasteiger partial charge in [0, 0.05) is 12.0 Å². The molecule has 2 heterocycles. The standard InChI is InChI=1S/C19H28N2O5S/c1-25-17-4-3-15(11-18(17)26-2)13-20-6-8-21(9-7-20)19(22)12-16-5-10-27(23,24)14-16/h3-4,11,16H,5-10,12-14H2,1-2H3/p+1/t16-/m1/s1. The lowest BCUT2D eigenvalue weighted by Crippen LogP contribution is -3.13. The van der Waals surface area contributed by atoms with Crippen LogP contribution in [0.2, 0.25) is 0 Å². The molecule has 0 bridgehead atoms. The van der Waals surface area contributed by atoms with Gasteiger partial charge in [0.2, 0.25) is 5.91 Å². The minimum absolute atomic E-state index is 0.000333. The Morgan fingerprint density at radius 3 is 2.48 bits per heavy atom. The number of hydrogen-bond donors (Lipinski definition) is 1. The zero-order valence-electron chi connectivity index (χ0n) is 16.1. The maximum absolute atomic E-state index is 12.5. The Balaban J connectivity index is 1.48. The van der Waals surface area contributed by atoms with Gasteiger partial charge in [0.25, 0.3) is 0 Å². The molecule has 8 heteroatoms. The summed E-state index contributed by atoms with van der Waals surface area (Å²) in [6.45, 7) is 4.11. The summed E-state index contributed by atoms with van der Waals surface area (Å²) in [5, 5.41) is 0. The molecular weight excluding hydrogens is 368 g/mol. The third-order valence-corrected chi connectivity index (χ3v) is 7.35. The number of carbonyl (C=O) groups excluding carboxylic acids is 1. The molecule has 0 aromatic heterocycles. The van der Waals surface area contributed by atoms with Crippen molar-refractivity contribution in [1.29, 1.82) is 0 Å². The van der Waals surface area contributed by atoms with E-state index < -0.39 is 9.84 Å². The first-order valence-electron chi connectivity index (χ1n) is 9.43. The van der Waals surface area contributed by atoms with Gasteiger partial charge in [0.1, 0.15) is 6.54 Å². The molecule has 0 radical (unpaired) electrons. The molecule has 0 aliphatic carbocycles. The highest BCUT2D eigenvalue weighted by Gasteiger charge is 2.32. The number of methoxy groups -OCH3 is 2. The quantitative estimate of drug-likeness (QED) is 0.717. The van der Waals surface area contributed by atoms with Crippen LogP contribution < -0.4 is 14.4 Å². The number of nitrogens with one attached hydrogen (secondary N) is 1. The topological polar surface area (TPSA) is 77.4 Å². The Hall–Kier alpha value is -1.80. The maximum Gasteiger partial charge on any atom is 0.223 e. The molecule has 1 amide bonds. The second-order valence-electron chi connectivity index (χ2n) is 7.47. The largest absolute Gasteiger partial charge is 0.493 e. The smallest absolute Gasteiger partial charge is 0.223 e. The fourth-order valence-electron chi connectivity index (χ4n) is 3.94. The molecule has 2 aliphatic rings. The van der Waals surface area contributed by atoms with Crippen LogP contribution in [0.25, 0.3) is 0 Å². The summed E-state index contributed by atoms with van der Waals surface area (Å²) in [6, 6.07) is 5.97. The van der Waals surface area contributed by atoms with E-state index in [9.17, 15) is 13.2 Å². The summed E-state index contributed by atoms with van der Waals surface area (Å²) in [4.78, 5) is 15.8. The van der Waals surface area contributed by atoms with Crippen molar-refractivity contribution in [1.82, 2.24) is 4.90 Å². The van der Waals surface area contributed by atoms with Crippen molar-refractivity contribution < 1.29 is 27.6 Å². The summed E-state index contributed by atoms with van der Waals surface area (Å²) < 4.78 is 33.8. The van der Waals surface area contributed by atoms with Gasteiger partial charge < -0.3 is 19.3 Å². The average Bonchev–Trinajstić information content (AvgIpc) is 3.00. The number of piperazine rings is 1. The lowest BCUT2D eigenvalue weighted by atomic mass is 10.0. The zero-order valence-corrected chi connectivity index (χ0v) is 16.9. The van der Waals surface area contributed by atoms with Crippen LogP contribution in [0.1, 0.15) is 18.4 Å². The Kier molecular flexibility index (Phi) is 6.26. The molecule has 0 spiro atoms. The van der Waals surface area contributed by atoms with E-state index in [0.29, 0.717) is 12.8 Å². The van der Waals surface area contributed by atoms with Crippen LogP contribution in [0.5, 0.6) is 11.5 Å². The Labute approximate surface area is 161 Å². The van der Waals surface area contributed by atoms with E-state index in [4.69, 9.17) is 9.47 Å². The molecule has 1 N–H and O–H groups in total. The summed E-state index contributed by atoms with van der Waals surface area (Å²) in [6.07, 6.45) is 0.989. The molecular formula is C19H29N2O5S+. The molecule has 0 unspecified atom stereocenters. The fraction of sp³-hybridized carbons (Fsp3) is 0.632. The molecule has 1 aromatic rings. The van der Waals surface area contributed by atoms with Crippen molar-refractivity contribution >= 4 is 15.7 Å². The first kappa shape index (κ1) is 19.9. The number of hydrogen-bond acceptors (Lipinski definition) is 5. The Morgan fingerprint density at radius 2 is 1.89 bits per heavy atom. The number of benzene rings is 1. The van der Waals surface area contributed by atoms with Crippen LogP contribution in [0.15, 0.2) is 18.2 Å². The van der Waals surface area contributed by atoms with Gasteiger partial charge >= 0.3 is 0 Å². The summed E-state index contributed by atoms with van der Waals surface area (Å²) >= 11 is 0. The van der Waals surface area contributed by atoms with Crippen LogP contribution >= 0.6 is 0 Å². The lowest BCUT2D eigenvalue weighted by molar-refractivity contribution is -0.917. The van der Waals surface area contributed by atoms with Crippen LogP contribution in [-0.2, 0) is 21.2 Å². The molecule has 3 rings (SSSR count). The van der Waals surface area contributed by atoms with Crippen molar-refractivity contribution in [3.8, 4) is 11.5 Å². The molecule has 2 aliphatic heterocycles. The molecule has 1 aromatic carbocycles. The number of ether oxygens (including phenoxy) is 2. The summed E-state index contributed by atoms with van der Waals surface area (Å²) in [7, 11) is 0.338. The molecule has 150 valence electrons. The minimum Gasteiger partial charge on any atom is -0.493 e. The SMILES string of the molecule is COc1ccc(C[NH+]2CCN(C(=O)C[C@H]3CCS(=O)(=O)C3)CC2)cc1OC. The van der Waals surface area contributed by atoms with Gasteiger partial charge in [-0.05, 0) is 30.5 Å². The molecule has 0 saturated carbocycles. The predicted octanol–water partition coefficient (Wildman–Crippen LogP) is -0.244. The van der Waals surface area contributed by atoms with E-state index >= 15 is 0 Å². The Bertz CT molecular complexity index is 772. The molecule has 27 heavy (non-hydrogen) atoms. The number of quaternary nitrogens is 1. The van der Waals surface area contributed by atoms with E-state index in [0.717, 1.165) is 44.2 Å². The van der Waals surface area contributed by atoms with Crippen molar-refractivity contribution in [3.05, 3.63) is 23.8 Å². The first-order chi connectivity index (χ1) is 12.9. The highest BCUT2D eigenvalue weighted by molar-refractivity contribution is 7.91. The number of rotatable bonds is 6. The predicted molar refractivity (Wildman–Crippen MR) is 102 cm³/mol. The number of carbonyl (C=O) groups is 1. The summed E-state index contributed by atoms with van der Waals surface area (Å²) in [5.41, 5.74) is 1.18. The highest BCUT2D eigenvalue weighted by atomic mass is 32.2. The number of nitrogens with zero attached hydrogens (tertiary/aromatic N) is 1. The van der Waals surface area contributed by atoms with Crippen LogP contribution in [0.4, 0.5) is 0 Å². The number of sulfone groups is 1. The van der Waals surface area contributed by atoms with Gasteiger partial charge in [-0.1, -0.05) is 0 Å². The van der Waals surface area contributed by atoms with Gasteiger partial charge in [-0.2, -0.15) is 0 Å². The minimum atomic E-state index is -2.92. The molecule has 7 nitrogen and oxygen atoms in total. The second-order valence-corrected chi connectivity index (χ2v) is 9.70. The maximum atomic E-state index is 12.5. The average molecular weight is 398 g/mol. The first-order valence-corrected chi connectivity index (χ1v) is 11.2. The van der Waals surface area contributed by atoms with Crippen molar-refractivity contribution in [3.63, 3.8) is 0 Å². The third kappa shape index (κ3) is 5.13. The van der Waals surface area contributed by atoms with Gasteiger partial charge in [-0.25, -0.2) is 8.42 Å². The van der Waals surface area contributed by atoms with Crippen molar-refractivity contribution in [2.45, 2.75) is 19.4 Å². The Morgan fingerprint density at radius 1 is 1.19 bits per heavy atom. The van der Waals surface area contributed by atoms with Crippen LogP contribution in [-0.4, -0.2) is 71.1 Å². The molecule has 2 saturated heterocycles. The van der Waals surface area contributed by atoms with Gasteiger partial charge in [0.15, 0.2) is 21.3 Å². The normalized spacial score (nSPS) is 22.6. The van der Waals surface area contributed by atoms with Crippen LogP contribution in [0, 0.1) is 5.92 Å². The fourth-order valence-corrected chi connectivity index (χ4v) is 5.80. The monoisotopic (exact) mass is 397 g/mol. The van der Waals surface area contributed by atoms with Gasteiger partial charge in [0.05, 0.1) is 51.9 Å². The third-order valence-electron chi connectivity index (χ3n) is 5.52. The zero-order chi connectivity index (χ0) is 19.4. The van der Waals surface area contributed by atoms with Crippen molar-refractivity contribution in [2.75, 3.05) is 51.9 Å². The van der Waals surface area contributed by atoms with E-state index in [1.54, 1.807) is 14.2 Å². The lowest BCUT2D eigenvalue weighted by Gasteiger charge is -2.32. The molecule has 2 fully saturated rings. The van der Waals surface area contributed by atoms with Gasteiger partial charge in [-0.3, -0.25) is 4.79 Å². The number of amides is 1. The highest BCUT2D eigenvalue weighted by Crippen LogP contribution is 2.27. The van der Waals surface area contributed by atoms with Crippen LogP contribution in [0.3, 0.4) is 0 Å². The van der Waals surface area contributed by atoms with E-state index in [-0.39, 0.29) is 23.3 Å². The van der Waals surface area contributed by atoms with Gasteiger partial charge in [-0.15, -0.1) is 0 Å². The summed E-state index contributed by atoms with van der Waals surface area (Å²) in [5.74, 6) is 1.95. The molecule has 1 atom stereocenters. The van der Waals surface area contributed by atoms with E-state index in [2.05, 4.69) is 0 Å². The van der Waals surface area contributed by atoms with Crippen molar-refractivity contribution in [2.24, 2.45) is 5.92 Å². The van der Waals surface area contributed by atoms with E-state index in [1.165, 1.54) is 10.5 Å².